The second-order valence-electron chi connectivity index (χ2n) is 16.4. The number of benzene rings is 9. The van der Waals surface area contributed by atoms with Gasteiger partial charge in [0.1, 0.15) is 22.3 Å². The van der Waals surface area contributed by atoms with Crippen molar-refractivity contribution >= 4 is 87.8 Å². The number of aromatic nitrogens is 1. The van der Waals surface area contributed by atoms with Crippen molar-refractivity contribution in [3.8, 4) is 16.8 Å². The number of hydrogen-bond donors (Lipinski definition) is 0. The van der Waals surface area contributed by atoms with Crippen LogP contribution in [0.5, 0.6) is 0 Å². The van der Waals surface area contributed by atoms with Crippen LogP contribution in [0, 0.1) is 0 Å². The first-order valence-electron chi connectivity index (χ1n) is 21.4. The fourth-order valence-electron chi connectivity index (χ4n) is 9.97. The van der Waals surface area contributed by atoms with Crippen LogP contribution in [0.1, 0.15) is 17.9 Å². The van der Waals surface area contributed by atoms with Crippen LogP contribution >= 0.6 is 0 Å². The number of rotatable bonds is 6. The summed E-state index contributed by atoms with van der Waals surface area (Å²) in [6.45, 7) is 0. The SMILES string of the molecule is C1=CC(c2ccc3oc4ccccc4c3c2)CC=C1N(c1ccccc1-c1ccc2oc3cc4ccccc4cc3c2c1)c1ccccc1-n1c2ccccc2c2ccccc21. The number of furan rings is 2. The lowest BCUT2D eigenvalue weighted by molar-refractivity contribution is 0.668. The first kappa shape index (κ1) is 34.8. The van der Waals surface area contributed by atoms with E-state index in [2.05, 4.69) is 210 Å². The van der Waals surface area contributed by atoms with Gasteiger partial charge in [0.2, 0.25) is 0 Å². The summed E-state index contributed by atoms with van der Waals surface area (Å²) < 4.78 is 15.1. The smallest absolute Gasteiger partial charge is 0.136 e. The Kier molecular flexibility index (Phi) is 7.70. The molecule has 0 N–H and O–H groups in total. The maximum absolute atomic E-state index is 6.47. The Morgan fingerprint density at radius 2 is 1.05 bits per heavy atom. The molecule has 1 atom stereocenters. The van der Waals surface area contributed by atoms with E-state index in [-0.39, 0.29) is 5.92 Å². The summed E-state index contributed by atoms with van der Waals surface area (Å²) >= 11 is 0. The first-order valence-corrected chi connectivity index (χ1v) is 21.4. The minimum absolute atomic E-state index is 0.217. The summed E-state index contributed by atoms with van der Waals surface area (Å²) in [5, 5.41) is 9.39. The Morgan fingerprint density at radius 3 is 1.84 bits per heavy atom. The molecule has 292 valence electrons. The molecule has 62 heavy (non-hydrogen) atoms. The van der Waals surface area contributed by atoms with Gasteiger partial charge in [-0.1, -0.05) is 133 Å². The first-order chi connectivity index (χ1) is 30.7. The number of para-hydroxylation sites is 6. The molecule has 4 heteroatoms. The average molecular weight is 795 g/mol. The van der Waals surface area contributed by atoms with Gasteiger partial charge in [-0.3, -0.25) is 0 Å². The second kappa shape index (κ2) is 13.7. The van der Waals surface area contributed by atoms with Crippen molar-refractivity contribution in [2.75, 3.05) is 4.90 Å². The summed E-state index contributed by atoms with van der Waals surface area (Å²) in [6.07, 6.45) is 7.97. The molecule has 1 aliphatic carbocycles. The lowest BCUT2D eigenvalue weighted by Gasteiger charge is -2.32. The van der Waals surface area contributed by atoms with Gasteiger partial charge < -0.3 is 18.3 Å². The molecule has 3 heterocycles. The van der Waals surface area contributed by atoms with Crippen LogP contribution in [-0.4, -0.2) is 4.57 Å². The minimum Gasteiger partial charge on any atom is -0.456 e. The number of fused-ring (bicyclic) bond motifs is 10. The standard InChI is InChI=1S/C58H38N2O2/c1-2-14-39-36-58-49(33-38(39)13-1)48-35-41(28-32-57(48)62-58)43-15-3-7-19-50(43)59(42-29-25-37(26-30-42)40-27-31-56-47(34-40)46-18-6-12-24-55(46)61-56)53-22-10-11-23-54(53)60-51-20-8-4-16-44(51)45-17-5-9-21-52(45)60/h1-25,27-37H,26H2. The van der Waals surface area contributed by atoms with E-state index >= 15 is 0 Å². The molecule has 0 radical (unpaired) electrons. The van der Waals surface area contributed by atoms with Crippen LogP contribution < -0.4 is 4.90 Å². The number of anilines is 2. The van der Waals surface area contributed by atoms with E-state index in [0.29, 0.717) is 0 Å². The average Bonchev–Trinajstić information content (AvgIpc) is 4.00. The van der Waals surface area contributed by atoms with Crippen LogP contribution in [0.3, 0.4) is 0 Å². The Morgan fingerprint density at radius 1 is 0.452 bits per heavy atom. The highest BCUT2D eigenvalue weighted by Gasteiger charge is 2.25. The van der Waals surface area contributed by atoms with Crippen molar-refractivity contribution in [3.63, 3.8) is 0 Å². The van der Waals surface area contributed by atoms with E-state index in [1.54, 1.807) is 0 Å². The lowest BCUT2D eigenvalue weighted by atomic mass is 9.90. The van der Waals surface area contributed by atoms with Crippen LogP contribution in [0.15, 0.2) is 227 Å². The normalized spacial score (nSPS) is 14.3. The number of nitrogens with zero attached hydrogens (tertiary/aromatic N) is 2. The number of allylic oxidation sites excluding steroid dienone is 3. The van der Waals surface area contributed by atoms with E-state index in [9.17, 15) is 0 Å². The molecule has 12 aromatic rings. The Hall–Kier alpha value is -8.08. The Balaban J connectivity index is 0.991. The zero-order valence-corrected chi connectivity index (χ0v) is 33.7. The molecule has 1 unspecified atom stereocenters. The number of hydrogen-bond acceptors (Lipinski definition) is 3. The fourth-order valence-corrected chi connectivity index (χ4v) is 9.97. The van der Waals surface area contributed by atoms with Crippen molar-refractivity contribution in [2.24, 2.45) is 0 Å². The van der Waals surface area contributed by atoms with Gasteiger partial charge in [0.05, 0.1) is 28.1 Å². The van der Waals surface area contributed by atoms with E-state index in [4.69, 9.17) is 8.83 Å². The van der Waals surface area contributed by atoms with E-state index in [1.165, 1.54) is 38.1 Å². The molecule has 1 aliphatic rings. The molecule has 0 aliphatic heterocycles. The predicted molar refractivity (Wildman–Crippen MR) is 258 cm³/mol. The summed E-state index contributed by atoms with van der Waals surface area (Å²) in [4.78, 5) is 2.47. The quantitative estimate of drug-likeness (QED) is 0.168. The van der Waals surface area contributed by atoms with Crippen LogP contribution in [-0.2, 0) is 0 Å². The van der Waals surface area contributed by atoms with Crippen molar-refractivity contribution in [2.45, 2.75) is 12.3 Å². The summed E-state index contributed by atoms with van der Waals surface area (Å²) in [5.74, 6) is 0.217. The minimum atomic E-state index is 0.217. The lowest BCUT2D eigenvalue weighted by Crippen LogP contribution is -2.20. The van der Waals surface area contributed by atoms with Gasteiger partial charge in [0.25, 0.3) is 0 Å². The zero-order valence-electron chi connectivity index (χ0n) is 33.7. The van der Waals surface area contributed by atoms with E-state index in [0.717, 1.165) is 84.2 Å². The topological polar surface area (TPSA) is 34.5 Å². The third-order valence-corrected chi connectivity index (χ3v) is 12.9. The molecule has 4 nitrogen and oxygen atoms in total. The third kappa shape index (κ3) is 5.40. The third-order valence-electron chi connectivity index (χ3n) is 12.9. The highest BCUT2D eigenvalue weighted by Crippen LogP contribution is 2.46. The maximum Gasteiger partial charge on any atom is 0.136 e. The van der Waals surface area contributed by atoms with E-state index in [1.807, 2.05) is 12.1 Å². The van der Waals surface area contributed by atoms with Crippen LogP contribution in [0.4, 0.5) is 11.4 Å². The van der Waals surface area contributed by atoms with Crippen LogP contribution in [0.25, 0.3) is 93.3 Å². The zero-order chi connectivity index (χ0) is 40.7. The van der Waals surface area contributed by atoms with Gasteiger partial charge in [-0.2, -0.15) is 0 Å². The molecule has 3 aromatic heterocycles. The van der Waals surface area contributed by atoms with Gasteiger partial charge in [-0.25, -0.2) is 0 Å². The molecule has 9 aromatic carbocycles. The van der Waals surface area contributed by atoms with Gasteiger partial charge in [-0.15, -0.1) is 0 Å². The fraction of sp³-hybridized carbons (Fsp3) is 0.0345. The van der Waals surface area contributed by atoms with Gasteiger partial charge in [0, 0.05) is 49.5 Å². The van der Waals surface area contributed by atoms with E-state index < -0.39 is 0 Å². The predicted octanol–water partition coefficient (Wildman–Crippen LogP) is 16.2. The van der Waals surface area contributed by atoms with Crippen molar-refractivity contribution < 1.29 is 8.83 Å². The molecule has 0 amide bonds. The molecular formula is C58H38N2O2. The highest BCUT2D eigenvalue weighted by atomic mass is 16.3. The van der Waals surface area contributed by atoms with Gasteiger partial charge in [0.15, 0.2) is 0 Å². The molecule has 13 rings (SSSR count). The highest BCUT2D eigenvalue weighted by molar-refractivity contribution is 6.12. The molecule has 0 spiro atoms. The molecule has 0 fully saturated rings. The molecule has 0 saturated carbocycles. The summed E-state index contributed by atoms with van der Waals surface area (Å²) in [6, 6.07) is 69.7. The second-order valence-corrected chi connectivity index (χ2v) is 16.4. The summed E-state index contributed by atoms with van der Waals surface area (Å²) in [5.41, 5.74) is 13.9. The summed E-state index contributed by atoms with van der Waals surface area (Å²) in [7, 11) is 0. The molecule has 0 bridgehead atoms. The van der Waals surface area contributed by atoms with Crippen LogP contribution in [0.2, 0.25) is 0 Å². The van der Waals surface area contributed by atoms with Crippen molar-refractivity contribution in [1.29, 1.82) is 0 Å². The van der Waals surface area contributed by atoms with Crippen molar-refractivity contribution in [3.05, 3.63) is 224 Å². The Labute approximate surface area is 357 Å². The van der Waals surface area contributed by atoms with Gasteiger partial charge in [-0.05, 0) is 107 Å². The van der Waals surface area contributed by atoms with Gasteiger partial charge >= 0.3 is 0 Å². The molecular weight excluding hydrogens is 757 g/mol. The monoisotopic (exact) mass is 794 g/mol. The largest absolute Gasteiger partial charge is 0.456 e. The maximum atomic E-state index is 6.47. The van der Waals surface area contributed by atoms with Crippen molar-refractivity contribution in [1.82, 2.24) is 4.57 Å². The molecule has 0 saturated heterocycles. The Bertz CT molecular complexity index is 3770.